The summed E-state index contributed by atoms with van der Waals surface area (Å²) >= 11 is 12.1. The number of nitrogens with one attached hydrogen (secondary N) is 1. The van der Waals surface area contributed by atoms with Crippen molar-refractivity contribution in [2.45, 2.75) is 30.7 Å². The number of benzene rings is 2. The lowest BCUT2D eigenvalue weighted by Gasteiger charge is -2.32. The van der Waals surface area contributed by atoms with Gasteiger partial charge in [-0.15, -0.1) is 0 Å². The van der Waals surface area contributed by atoms with Crippen LogP contribution in [-0.2, 0) is 14.8 Å². The molecule has 1 aliphatic rings. The second-order valence-corrected chi connectivity index (χ2v) is 9.69. The molecular weight excluding hydrogens is 419 g/mol. The number of amides is 1. The van der Waals surface area contributed by atoms with Gasteiger partial charge in [-0.3, -0.25) is 4.79 Å². The van der Waals surface area contributed by atoms with Crippen LogP contribution in [-0.4, -0.2) is 31.7 Å². The van der Waals surface area contributed by atoms with Crippen molar-refractivity contribution in [2.24, 2.45) is 5.92 Å². The number of sulfonamides is 1. The number of hydrogen-bond donors (Lipinski definition) is 1. The summed E-state index contributed by atoms with van der Waals surface area (Å²) < 4.78 is 27.1. The molecule has 8 heteroatoms. The highest BCUT2D eigenvalue weighted by Crippen LogP contribution is 2.28. The summed E-state index contributed by atoms with van der Waals surface area (Å²) in [5.41, 5.74) is 0.768. The Morgan fingerprint density at radius 2 is 1.89 bits per heavy atom. The predicted molar refractivity (Wildman–Crippen MR) is 111 cm³/mol. The molecule has 0 saturated carbocycles. The number of carbonyl (C=O) groups excluding carboxylic acids is 1. The Balaban J connectivity index is 1.69. The van der Waals surface area contributed by atoms with Gasteiger partial charge in [-0.1, -0.05) is 47.5 Å². The average molecular weight is 441 g/mol. The Morgan fingerprint density at radius 1 is 1.18 bits per heavy atom. The zero-order valence-electron chi connectivity index (χ0n) is 15.4. The van der Waals surface area contributed by atoms with Crippen molar-refractivity contribution in [2.75, 3.05) is 13.1 Å². The number of hydrogen-bond acceptors (Lipinski definition) is 3. The predicted octanol–water partition coefficient (Wildman–Crippen LogP) is 4.27. The van der Waals surface area contributed by atoms with E-state index < -0.39 is 15.9 Å². The van der Waals surface area contributed by atoms with E-state index in [1.165, 1.54) is 4.31 Å². The van der Waals surface area contributed by atoms with Crippen molar-refractivity contribution in [1.29, 1.82) is 0 Å². The Labute approximate surface area is 175 Å². The molecule has 2 aromatic rings. The third-order valence-corrected chi connectivity index (χ3v) is 7.37. The average Bonchev–Trinajstić information content (AvgIpc) is 2.68. The summed E-state index contributed by atoms with van der Waals surface area (Å²) in [6.07, 6.45) is 1.29. The van der Waals surface area contributed by atoms with E-state index in [4.69, 9.17) is 23.2 Å². The van der Waals surface area contributed by atoms with Crippen molar-refractivity contribution in [1.82, 2.24) is 9.62 Å². The summed E-state index contributed by atoms with van der Waals surface area (Å²) in [6.45, 7) is 2.43. The number of carbonyl (C=O) groups is 1. The molecule has 1 saturated heterocycles. The maximum Gasteiger partial charge on any atom is 0.243 e. The fourth-order valence-corrected chi connectivity index (χ4v) is 5.49. The minimum Gasteiger partial charge on any atom is -0.349 e. The monoisotopic (exact) mass is 440 g/mol. The van der Waals surface area contributed by atoms with Gasteiger partial charge in [-0.05, 0) is 49.6 Å². The lowest BCUT2D eigenvalue weighted by molar-refractivity contribution is -0.126. The molecule has 28 heavy (non-hydrogen) atoms. The van der Waals surface area contributed by atoms with Crippen molar-refractivity contribution in [3.05, 3.63) is 64.1 Å². The topological polar surface area (TPSA) is 66.5 Å². The van der Waals surface area contributed by atoms with Crippen LogP contribution in [0, 0.1) is 5.92 Å². The Kier molecular flexibility index (Phi) is 6.65. The number of halogens is 2. The van der Waals surface area contributed by atoms with E-state index in [-0.39, 0.29) is 23.4 Å². The van der Waals surface area contributed by atoms with Crippen LogP contribution in [0.25, 0.3) is 0 Å². The van der Waals surface area contributed by atoms with Crippen molar-refractivity contribution in [3.63, 3.8) is 0 Å². The van der Waals surface area contributed by atoms with Gasteiger partial charge in [0.15, 0.2) is 0 Å². The van der Waals surface area contributed by atoms with Gasteiger partial charge in [0.25, 0.3) is 0 Å². The zero-order chi connectivity index (χ0) is 20.3. The molecule has 0 radical (unpaired) electrons. The molecule has 1 heterocycles. The maximum absolute atomic E-state index is 12.8. The van der Waals surface area contributed by atoms with Crippen LogP contribution in [0.1, 0.15) is 31.4 Å². The van der Waals surface area contributed by atoms with Crippen molar-refractivity contribution < 1.29 is 13.2 Å². The first-order valence-electron chi connectivity index (χ1n) is 9.09. The zero-order valence-corrected chi connectivity index (χ0v) is 17.8. The van der Waals surface area contributed by atoms with Crippen molar-refractivity contribution >= 4 is 39.1 Å². The Bertz CT molecular complexity index is 951. The first-order valence-corrected chi connectivity index (χ1v) is 11.3. The van der Waals surface area contributed by atoms with E-state index in [9.17, 15) is 13.2 Å². The molecule has 1 amide bonds. The summed E-state index contributed by atoms with van der Waals surface area (Å²) in [7, 11) is -3.60. The first kappa shape index (κ1) is 21.1. The van der Waals surface area contributed by atoms with Gasteiger partial charge in [-0.25, -0.2) is 8.42 Å². The molecule has 1 fully saturated rings. The standard InChI is InChI=1S/C20H22Cl2N2O3S/c1-14(18-10-9-16(21)12-19(18)22)23-20(25)15-6-5-11-24(13-15)28(26,27)17-7-3-2-4-8-17/h2-4,7-10,12,14-15H,5-6,11,13H2,1H3,(H,23,25). The van der Waals surface area contributed by atoms with Crippen LogP contribution >= 0.6 is 23.2 Å². The van der Waals surface area contributed by atoms with Crippen LogP contribution in [0.4, 0.5) is 0 Å². The SMILES string of the molecule is CC(NC(=O)C1CCCN(S(=O)(=O)c2ccccc2)C1)c1ccc(Cl)cc1Cl. The third kappa shape index (κ3) is 4.69. The lowest BCUT2D eigenvalue weighted by Crippen LogP contribution is -2.45. The first-order chi connectivity index (χ1) is 13.3. The maximum atomic E-state index is 12.8. The Hall–Kier alpha value is -1.60. The van der Waals surface area contributed by atoms with Gasteiger partial charge in [0, 0.05) is 23.1 Å². The molecule has 2 unspecified atom stereocenters. The van der Waals surface area contributed by atoms with E-state index >= 15 is 0 Å². The smallest absolute Gasteiger partial charge is 0.243 e. The highest BCUT2D eigenvalue weighted by atomic mass is 35.5. The van der Waals surface area contributed by atoms with E-state index in [2.05, 4.69) is 5.32 Å². The van der Waals surface area contributed by atoms with Gasteiger partial charge >= 0.3 is 0 Å². The minimum atomic E-state index is -3.60. The molecule has 5 nitrogen and oxygen atoms in total. The molecule has 0 aliphatic carbocycles. The lowest BCUT2D eigenvalue weighted by atomic mass is 9.98. The van der Waals surface area contributed by atoms with E-state index in [1.807, 2.05) is 6.92 Å². The fraction of sp³-hybridized carbons (Fsp3) is 0.350. The van der Waals surface area contributed by atoms with Crippen LogP contribution in [0.3, 0.4) is 0 Å². The molecule has 150 valence electrons. The highest BCUT2D eigenvalue weighted by molar-refractivity contribution is 7.89. The third-order valence-electron chi connectivity index (χ3n) is 4.92. The molecule has 1 N–H and O–H groups in total. The molecule has 0 bridgehead atoms. The molecule has 0 aromatic heterocycles. The van der Waals surface area contributed by atoms with Crippen LogP contribution in [0.5, 0.6) is 0 Å². The molecule has 2 aromatic carbocycles. The molecule has 3 rings (SSSR count). The van der Waals surface area contributed by atoms with Gasteiger partial charge in [0.1, 0.15) is 0 Å². The molecular formula is C20H22Cl2N2O3S. The Morgan fingerprint density at radius 3 is 2.57 bits per heavy atom. The quantitative estimate of drug-likeness (QED) is 0.754. The minimum absolute atomic E-state index is 0.171. The second kappa shape index (κ2) is 8.82. The normalized spacial score (nSPS) is 19.2. The molecule has 0 spiro atoms. The summed E-state index contributed by atoms with van der Waals surface area (Å²) in [5, 5.41) is 3.96. The van der Waals surface area contributed by atoms with Crippen LogP contribution in [0.15, 0.2) is 53.4 Å². The van der Waals surface area contributed by atoms with Gasteiger partial charge < -0.3 is 5.32 Å². The summed E-state index contributed by atoms with van der Waals surface area (Å²) in [4.78, 5) is 13.0. The summed E-state index contributed by atoms with van der Waals surface area (Å²) in [5.74, 6) is -0.577. The van der Waals surface area contributed by atoms with Crippen molar-refractivity contribution in [3.8, 4) is 0 Å². The van der Waals surface area contributed by atoms with E-state index in [1.54, 1.807) is 48.5 Å². The largest absolute Gasteiger partial charge is 0.349 e. The van der Waals surface area contributed by atoms with E-state index in [0.717, 1.165) is 5.56 Å². The molecule has 1 aliphatic heterocycles. The summed E-state index contributed by atoms with van der Waals surface area (Å²) in [6, 6.07) is 13.1. The number of piperidine rings is 1. The molecule has 2 atom stereocenters. The van der Waals surface area contributed by atoms with Gasteiger partial charge in [-0.2, -0.15) is 4.31 Å². The van der Waals surface area contributed by atoms with Gasteiger partial charge in [0.05, 0.1) is 16.9 Å². The highest BCUT2D eigenvalue weighted by Gasteiger charge is 2.33. The number of rotatable bonds is 5. The second-order valence-electron chi connectivity index (χ2n) is 6.91. The van der Waals surface area contributed by atoms with Crippen LogP contribution < -0.4 is 5.32 Å². The number of nitrogens with zero attached hydrogens (tertiary/aromatic N) is 1. The van der Waals surface area contributed by atoms with Crippen LogP contribution in [0.2, 0.25) is 10.0 Å². The van der Waals surface area contributed by atoms with E-state index in [0.29, 0.717) is 29.4 Å². The van der Waals surface area contributed by atoms with Gasteiger partial charge in [0.2, 0.25) is 15.9 Å². The fourth-order valence-electron chi connectivity index (χ4n) is 3.38.